The second-order valence-electron chi connectivity index (χ2n) is 15.0. The number of aliphatic hydroxyl groups is 1. The maximum absolute atomic E-state index is 13.0. The van der Waals surface area contributed by atoms with Gasteiger partial charge in [-0.25, -0.2) is 14.1 Å². The molecule has 1 unspecified atom stereocenters. The minimum Gasteiger partial charge on any atom is -0.390 e. The lowest BCUT2D eigenvalue weighted by molar-refractivity contribution is -0.137. The molecule has 0 radical (unpaired) electrons. The van der Waals surface area contributed by atoms with Crippen molar-refractivity contribution in [3.8, 4) is 0 Å². The van der Waals surface area contributed by atoms with Crippen molar-refractivity contribution in [1.29, 1.82) is 0 Å². The molecule has 3 heterocycles. The number of unbranched alkanes of at least 4 members (excludes halogenated alkanes) is 15. The molecule has 5 atom stereocenters. The third kappa shape index (κ3) is 16.1. The number of phosphoric acid groups is 1. The predicted molar refractivity (Wildman–Crippen MR) is 211 cm³/mol. The SMILES string of the molecule is CCCCCCCCCCCCCCCCCCOC[C@H](COP(=O)(O)OC[C@H]1O[C@@](N)(c2ccc3c(N)ncnn23)C[C@@H]1O)OCc1ccc(C(F)(F)F)cc1. The van der Waals surface area contributed by atoms with E-state index in [9.17, 15) is 27.7 Å². The van der Waals surface area contributed by atoms with Crippen molar-refractivity contribution in [3.63, 3.8) is 0 Å². The number of anilines is 1. The van der Waals surface area contributed by atoms with Crippen LogP contribution in [0.5, 0.6) is 0 Å². The van der Waals surface area contributed by atoms with Crippen LogP contribution in [0.25, 0.3) is 5.52 Å². The molecule has 0 saturated carbocycles. The highest BCUT2D eigenvalue weighted by Crippen LogP contribution is 2.45. The lowest BCUT2D eigenvalue weighted by Gasteiger charge is -2.24. The van der Waals surface area contributed by atoms with Crippen LogP contribution in [0.2, 0.25) is 0 Å². The van der Waals surface area contributed by atoms with Gasteiger partial charge in [-0.1, -0.05) is 115 Å². The van der Waals surface area contributed by atoms with Gasteiger partial charge in [0.05, 0.1) is 43.8 Å². The van der Waals surface area contributed by atoms with Crippen LogP contribution in [0.1, 0.15) is 133 Å². The number of phosphoric ester groups is 1. The Hall–Kier alpha value is -2.66. The normalized spacial score (nSPS) is 20.3. The molecule has 1 aromatic carbocycles. The number of halogens is 3. The minimum atomic E-state index is -4.71. The molecule has 1 saturated heterocycles. The summed E-state index contributed by atoms with van der Waals surface area (Å²) in [5, 5.41) is 14.9. The van der Waals surface area contributed by atoms with E-state index < -0.39 is 56.8 Å². The van der Waals surface area contributed by atoms with Crippen molar-refractivity contribution in [2.45, 2.75) is 153 Å². The van der Waals surface area contributed by atoms with E-state index in [2.05, 4.69) is 17.0 Å². The number of aliphatic hydroxyl groups excluding tert-OH is 1. The summed E-state index contributed by atoms with van der Waals surface area (Å²) in [7, 11) is -4.71. The van der Waals surface area contributed by atoms with Gasteiger partial charge >= 0.3 is 14.0 Å². The summed E-state index contributed by atoms with van der Waals surface area (Å²) in [6.45, 7) is 1.67. The Balaban J connectivity index is 1.16. The molecular formula is C40H63F3N5O8P. The van der Waals surface area contributed by atoms with Gasteiger partial charge in [-0.15, -0.1) is 0 Å². The van der Waals surface area contributed by atoms with E-state index in [1.54, 1.807) is 12.1 Å². The van der Waals surface area contributed by atoms with Crippen LogP contribution < -0.4 is 11.5 Å². The zero-order valence-corrected chi connectivity index (χ0v) is 34.1. The van der Waals surface area contributed by atoms with Gasteiger partial charge in [0.1, 0.15) is 24.1 Å². The molecule has 0 bridgehead atoms. The molecule has 1 aliphatic rings. The van der Waals surface area contributed by atoms with E-state index in [1.165, 1.54) is 106 Å². The molecule has 1 aliphatic heterocycles. The second-order valence-corrected chi connectivity index (χ2v) is 16.5. The average molecular weight is 830 g/mol. The molecule has 0 aliphatic carbocycles. The molecular weight excluding hydrogens is 766 g/mol. The first kappa shape index (κ1) is 47.0. The van der Waals surface area contributed by atoms with Gasteiger partial charge in [0.15, 0.2) is 11.5 Å². The zero-order chi connectivity index (χ0) is 41.2. The molecule has 13 nitrogen and oxygen atoms in total. The molecule has 4 rings (SSSR count). The summed E-state index contributed by atoms with van der Waals surface area (Å²) in [6, 6.07) is 7.85. The van der Waals surface area contributed by atoms with Gasteiger partial charge in [0, 0.05) is 13.0 Å². The smallest absolute Gasteiger partial charge is 0.390 e. The van der Waals surface area contributed by atoms with Crippen LogP contribution in [-0.4, -0.2) is 69.3 Å². The predicted octanol–water partition coefficient (Wildman–Crippen LogP) is 8.59. The van der Waals surface area contributed by atoms with E-state index in [0.717, 1.165) is 31.4 Å². The largest absolute Gasteiger partial charge is 0.472 e. The van der Waals surface area contributed by atoms with Crippen molar-refractivity contribution >= 4 is 19.2 Å². The van der Waals surface area contributed by atoms with Crippen molar-refractivity contribution < 1.29 is 51.0 Å². The molecule has 6 N–H and O–H groups in total. The van der Waals surface area contributed by atoms with Crippen molar-refractivity contribution in [3.05, 3.63) is 59.5 Å². The molecule has 3 aromatic rings. The van der Waals surface area contributed by atoms with E-state index in [-0.39, 0.29) is 25.5 Å². The lowest BCUT2D eigenvalue weighted by Crippen LogP contribution is -2.38. The first-order valence-corrected chi connectivity index (χ1v) is 22.0. The number of rotatable bonds is 29. The molecule has 0 amide bonds. The zero-order valence-electron chi connectivity index (χ0n) is 33.3. The van der Waals surface area contributed by atoms with Gasteiger partial charge in [0.25, 0.3) is 0 Å². The Kier molecular flexibility index (Phi) is 19.6. The van der Waals surface area contributed by atoms with Crippen molar-refractivity contribution in [2.24, 2.45) is 5.73 Å². The average Bonchev–Trinajstić information content (AvgIpc) is 3.75. The molecule has 322 valence electrons. The molecule has 57 heavy (non-hydrogen) atoms. The van der Waals surface area contributed by atoms with Crippen LogP contribution in [0.4, 0.5) is 19.0 Å². The van der Waals surface area contributed by atoms with E-state index in [1.807, 2.05) is 0 Å². The van der Waals surface area contributed by atoms with Crippen LogP contribution in [0.15, 0.2) is 42.7 Å². The summed E-state index contributed by atoms with van der Waals surface area (Å²) in [5.74, 6) is 0.226. The molecule has 1 fully saturated rings. The number of nitrogens with two attached hydrogens (primary N) is 2. The van der Waals surface area contributed by atoms with Crippen LogP contribution in [0, 0.1) is 0 Å². The Morgan fingerprint density at radius 3 is 2.11 bits per heavy atom. The number of ether oxygens (including phenoxy) is 3. The number of nitrogen functional groups attached to an aromatic ring is 1. The van der Waals surface area contributed by atoms with E-state index >= 15 is 0 Å². The fourth-order valence-corrected chi connectivity index (χ4v) is 7.68. The maximum atomic E-state index is 13.0. The summed E-state index contributed by atoms with van der Waals surface area (Å²) in [5.41, 5.74) is 11.5. The fourth-order valence-electron chi connectivity index (χ4n) is 6.92. The first-order chi connectivity index (χ1) is 27.3. The third-order valence-electron chi connectivity index (χ3n) is 10.3. The molecule has 0 spiro atoms. The van der Waals surface area contributed by atoms with Crippen molar-refractivity contribution in [1.82, 2.24) is 14.6 Å². The summed E-state index contributed by atoms with van der Waals surface area (Å²) in [4.78, 5) is 14.5. The number of alkyl halides is 3. The van der Waals surface area contributed by atoms with Gasteiger partial charge in [0.2, 0.25) is 0 Å². The fraction of sp³-hybridized carbons (Fsp3) is 0.700. The quantitative estimate of drug-likeness (QED) is 0.0386. The number of benzene rings is 1. The minimum absolute atomic E-state index is 0.0128. The highest BCUT2D eigenvalue weighted by molar-refractivity contribution is 7.47. The Morgan fingerprint density at radius 2 is 1.51 bits per heavy atom. The Labute approximate surface area is 334 Å². The highest BCUT2D eigenvalue weighted by Gasteiger charge is 2.47. The van der Waals surface area contributed by atoms with E-state index in [4.69, 9.17) is 34.7 Å². The monoisotopic (exact) mass is 829 g/mol. The van der Waals surface area contributed by atoms with Crippen LogP contribution in [0.3, 0.4) is 0 Å². The summed E-state index contributed by atoms with van der Waals surface area (Å²) in [6.07, 6.45) is 13.7. The number of aromatic nitrogens is 3. The summed E-state index contributed by atoms with van der Waals surface area (Å²) < 4.78 is 81.6. The Morgan fingerprint density at radius 1 is 0.912 bits per heavy atom. The topological polar surface area (TPSA) is 186 Å². The maximum Gasteiger partial charge on any atom is 0.472 e. The standard InChI is InChI=1S/C40H63F3N5O8P/c1-2-3-4-5-6-7-8-9-10-11-12-13-14-15-16-17-24-52-27-33(53-26-31-18-20-32(21-19-31)40(41,42)43)28-54-57(50,51)55-29-36-35(49)25-39(45,56-36)37-23-22-34-38(44)46-30-47-48(34)37/h18-23,30,33,35-36,49H,2-17,24-29,45H2,1H3,(H,50,51)(H2,44,46,47)/t33-,35+,36-,39-/m1/s1. The molecule has 2 aromatic heterocycles. The number of hydrogen-bond acceptors (Lipinski definition) is 11. The lowest BCUT2D eigenvalue weighted by atomic mass is 10.0. The Bertz CT molecular complexity index is 1630. The number of nitrogens with zero attached hydrogens (tertiary/aromatic N) is 3. The number of hydrogen-bond donors (Lipinski definition) is 4. The second kappa shape index (κ2) is 23.8. The highest BCUT2D eigenvalue weighted by atomic mass is 31.2. The van der Waals surface area contributed by atoms with Crippen LogP contribution in [-0.2, 0) is 46.3 Å². The van der Waals surface area contributed by atoms with Gasteiger partial charge < -0.3 is 29.9 Å². The van der Waals surface area contributed by atoms with Gasteiger partial charge in [-0.3, -0.25) is 14.8 Å². The number of fused-ring (bicyclic) bond motifs is 1. The van der Waals surface area contributed by atoms with Crippen LogP contribution >= 0.6 is 7.82 Å². The van der Waals surface area contributed by atoms with Gasteiger partial charge in [-0.2, -0.15) is 18.3 Å². The van der Waals surface area contributed by atoms with E-state index in [0.29, 0.717) is 23.4 Å². The van der Waals surface area contributed by atoms with Crippen molar-refractivity contribution in [2.75, 3.05) is 32.2 Å². The third-order valence-corrected chi connectivity index (χ3v) is 11.2. The first-order valence-electron chi connectivity index (χ1n) is 20.5. The molecule has 17 heteroatoms. The summed E-state index contributed by atoms with van der Waals surface area (Å²) >= 11 is 0. The van der Waals surface area contributed by atoms with Gasteiger partial charge in [-0.05, 0) is 36.2 Å².